The molecule has 0 amide bonds. The third-order valence-electron chi connectivity index (χ3n) is 1.07. The molecule has 64 valence electrons. The number of carboxylic acids is 1. The van der Waals surface area contributed by atoms with Crippen LogP contribution in [-0.2, 0) is 9.53 Å². The molecule has 0 aromatic heterocycles. The molecule has 0 aliphatic rings. The van der Waals surface area contributed by atoms with Gasteiger partial charge in [0, 0.05) is 0 Å². The van der Waals surface area contributed by atoms with E-state index in [0.717, 1.165) is 0 Å². The van der Waals surface area contributed by atoms with Gasteiger partial charge in [-0.3, -0.25) is 0 Å². The molecule has 4 nitrogen and oxygen atoms in total. The lowest BCUT2D eigenvalue weighted by molar-refractivity contribution is -0.145. The normalized spacial score (nSPS) is 11.1. The van der Waals surface area contributed by atoms with Gasteiger partial charge in [-0.2, -0.15) is 0 Å². The number of thiocarbonyl (C=S) groups is 1. The second-order valence-electron chi connectivity index (χ2n) is 2.50. The van der Waals surface area contributed by atoms with Gasteiger partial charge in [-0.05, 0) is 26.1 Å². The molecule has 0 unspecified atom stereocenters. The number of ether oxygens (including phenoxy) is 1. The van der Waals surface area contributed by atoms with E-state index in [9.17, 15) is 4.79 Å². The van der Waals surface area contributed by atoms with Crippen LogP contribution in [0.3, 0.4) is 0 Å². The van der Waals surface area contributed by atoms with Crippen molar-refractivity contribution in [2.45, 2.75) is 19.4 Å². The number of rotatable bonds is 4. The van der Waals surface area contributed by atoms with Gasteiger partial charge in [0.05, 0.1) is 0 Å². The number of hydrogen-bond acceptors (Lipinski definition) is 3. The monoisotopic (exact) mass is 178 g/mol. The van der Waals surface area contributed by atoms with Crippen LogP contribution in [0.2, 0.25) is 0 Å². The zero-order valence-electron chi connectivity index (χ0n) is 6.33. The Morgan fingerprint density at radius 2 is 2.00 bits per heavy atom. The molecular weight excluding hydrogens is 168 g/mol. The molecule has 0 radical (unpaired) electrons. The van der Waals surface area contributed by atoms with E-state index in [0.29, 0.717) is 0 Å². The van der Waals surface area contributed by atoms with Crippen molar-refractivity contribution >= 4 is 23.2 Å². The molecule has 0 saturated carbocycles. The van der Waals surface area contributed by atoms with Gasteiger partial charge in [0.2, 0.25) is 0 Å². The van der Waals surface area contributed by atoms with Gasteiger partial charge < -0.3 is 14.9 Å². The van der Waals surface area contributed by atoms with E-state index in [1.54, 1.807) is 0 Å². The van der Waals surface area contributed by atoms with E-state index in [-0.39, 0.29) is 5.05 Å². The van der Waals surface area contributed by atoms with Crippen molar-refractivity contribution in [1.29, 1.82) is 0 Å². The fourth-order valence-corrected chi connectivity index (χ4v) is 0.363. The smallest absolute Gasteiger partial charge is 0.329 e. The Morgan fingerprint density at radius 1 is 1.55 bits per heavy atom. The Hall–Kier alpha value is -0.680. The van der Waals surface area contributed by atoms with Crippen LogP contribution in [0.25, 0.3) is 0 Å². The van der Waals surface area contributed by atoms with Crippen LogP contribution in [0.4, 0.5) is 0 Å². The average molecular weight is 178 g/mol. The number of carboxylic acid groups (broad SMARTS) is 1. The van der Waals surface area contributed by atoms with E-state index in [4.69, 9.17) is 14.9 Å². The lowest BCUT2D eigenvalue weighted by Crippen LogP contribution is -2.35. The first-order chi connectivity index (χ1) is 4.86. The summed E-state index contributed by atoms with van der Waals surface area (Å²) >= 11 is 4.42. The third kappa shape index (κ3) is 3.90. The number of aliphatic hydroxyl groups is 1. The van der Waals surface area contributed by atoms with Gasteiger partial charge in [-0.15, -0.1) is 0 Å². The lowest BCUT2D eigenvalue weighted by Gasteiger charge is -2.20. The molecule has 0 rings (SSSR count). The predicted molar refractivity (Wildman–Crippen MR) is 42.9 cm³/mol. The zero-order chi connectivity index (χ0) is 9.07. The topological polar surface area (TPSA) is 66.8 Å². The summed E-state index contributed by atoms with van der Waals surface area (Å²) in [4.78, 5) is 10.0. The van der Waals surface area contributed by atoms with Crippen LogP contribution in [0.1, 0.15) is 13.8 Å². The summed E-state index contributed by atoms with van der Waals surface area (Å²) in [6.07, 6.45) is 0. The Balaban J connectivity index is 3.92. The molecule has 0 saturated heterocycles. The largest absolute Gasteiger partial charge is 0.500 e. The van der Waals surface area contributed by atoms with Crippen molar-refractivity contribution in [2.24, 2.45) is 0 Å². The molecule has 0 aliphatic heterocycles. The highest BCUT2D eigenvalue weighted by atomic mass is 32.1. The van der Waals surface area contributed by atoms with E-state index in [2.05, 4.69) is 12.2 Å². The van der Waals surface area contributed by atoms with E-state index >= 15 is 0 Å². The van der Waals surface area contributed by atoms with Gasteiger partial charge in [-0.1, -0.05) is 0 Å². The Kier molecular flexibility index (Phi) is 3.41. The molecule has 0 spiro atoms. The molecule has 11 heavy (non-hydrogen) atoms. The lowest BCUT2D eigenvalue weighted by atomic mass is 10.1. The number of hydrogen-bond donors (Lipinski definition) is 2. The highest BCUT2D eigenvalue weighted by Gasteiger charge is 2.24. The maximum absolute atomic E-state index is 10.0. The molecule has 0 atom stereocenters. The summed E-state index contributed by atoms with van der Waals surface area (Å²) < 4.78 is 4.76. The van der Waals surface area contributed by atoms with Crippen LogP contribution in [0.15, 0.2) is 0 Å². The second-order valence-corrected chi connectivity index (χ2v) is 2.88. The average Bonchev–Trinajstić information content (AvgIpc) is 1.84. The van der Waals surface area contributed by atoms with Gasteiger partial charge in [0.15, 0.2) is 5.05 Å². The highest BCUT2D eigenvalue weighted by molar-refractivity contribution is 7.80. The summed E-state index contributed by atoms with van der Waals surface area (Å²) in [5.74, 6) is -1.09. The fourth-order valence-electron chi connectivity index (χ4n) is 0.304. The Labute approximate surface area is 69.8 Å². The molecule has 0 aromatic carbocycles. The summed E-state index contributed by atoms with van der Waals surface area (Å²) in [7, 11) is 0. The molecule has 0 fully saturated rings. The van der Waals surface area contributed by atoms with E-state index in [1.165, 1.54) is 13.8 Å². The minimum atomic E-state index is -1.09. The number of carbonyl (C=O) groups is 1. The van der Waals surface area contributed by atoms with Crippen LogP contribution in [0, 0.1) is 0 Å². The first kappa shape index (κ1) is 10.3. The van der Waals surface area contributed by atoms with E-state index in [1.807, 2.05) is 0 Å². The molecule has 5 heteroatoms. The molecule has 0 aliphatic carbocycles. The second kappa shape index (κ2) is 3.64. The SMILES string of the molecule is CC(C)(OCC(=O)O)C(O)=S. The first-order valence-corrected chi connectivity index (χ1v) is 3.36. The molecule has 2 N–H and O–H groups in total. The van der Waals surface area contributed by atoms with Crippen LogP contribution < -0.4 is 0 Å². The van der Waals surface area contributed by atoms with Crippen molar-refractivity contribution < 1.29 is 19.7 Å². The van der Waals surface area contributed by atoms with Crippen molar-refractivity contribution in [3.63, 3.8) is 0 Å². The minimum Gasteiger partial charge on any atom is -0.500 e. The van der Waals surface area contributed by atoms with Crippen LogP contribution >= 0.6 is 12.2 Å². The van der Waals surface area contributed by atoms with Gasteiger partial charge in [0.25, 0.3) is 0 Å². The molecular formula is C6H10O4S. The summed E-state index contributed by atoms with van der Waals surface area (Å²) in [5, 5.41) is 16.7. The summed E-state index contributed by atoms with van der Waals surface area (Å²) in [5.41, 5.74) is -1.06. The molecule has 0 heterocycles. The van der Waals surface area contributed by atoms with Crippen molar-refractivity contribution in [2.75, 3.05) is 6.61 Å². The van der Waals surface area contributed by atoms with Gasteiger partial charge in [0.1, 0.15) is 12.2 Å². The van der Waals surface area contributed by atoms with Crippen LogP contribution in [-0.4, -0.2) is 33.4 Å². The summed E-state index contributed by atoms with van der Waals surface area (Å²) in [6.45, 7) is 2.53. The van der Waals surface area contributed by atoms with Crippen molar-refractivity contribution in [3.8, 4) is 0 Å². The van der Waals surface area contributed by atoms with E-state index < -0.39 is 18.2 Å². The number of aliphatic carboxylic acids is 1. The Bertz CT molecular complexity index is 175. The minimum absolute atomic E-state index is 0.348. The van der Waals surface area contributed by atoms with Crippen molar-refractivity contribution in [1.82, 2.24) is 0 Å². The van der Waals surface area contributed by atoms with Crippen molar-refractivity contribution in [3.05, 3.63) is 0 Å². The maximum Gasteiger partial charge on any atom is 0.329 e. The maximum atomic E-state index is 10.0. The highest BCUT2D eigenvalue weighted by Crippen LogP contribution is 2.09. The van der Waals surface area contributed by atoms with Crippen LogP contribution in [0.5, 0.6) is 0 Å². The number of aliphatic hydroxyl groups excluding tert-OH is 1. The summed E-state index contributed by atoms with van der Waals surface area (Å²) in [6, 6.07) is 0. The fraction of sp³-hybridized carbons (Fsp3) is 0.667. The quantitative estimate of drug-likeness (QED) is 0.622. The van der Waals surface area contributed by atoms with Gasteiger partial charge >= 0.3 is 5.97 Å². The first-order valence-electron chi connectivity index (χ1n) is 2.95. The molecule has 0 bridgehead atoms. The predicted octanol–water partition coefficient (Wildman–Crippen LogP) is 0.752. The van der Waals surface area contributed by atoms with Gasteiger partial charge in [-0.25, -0.2) is 4.79 Å². The zero-order valence-corrected chi connectivity index (χ0v) is 7.14. The molecule has 0 aromatic rings. The Morgan fingerprint density at radius 3 is 2.27 bits per heavy atom. The standard InChI is InChI=1S/C6H10O4S/c1-6(2,5(9)11)10-3-4(7)8/h3H2,1-2H3,(H,7,8)(H,9,11). The third-order valence-corrected chi connectivity index (χ3v) is 1.56.